The zero-order chi connectivity index (χ0) is 22.9. The minimum Gasteiger partial charge on any atom is -0.357 e. The summed E-state index contributed by atoms with van der Waals surface area (Å²) in [5.41, 5.74) is 5.99. The minimum absolute atomic E-state index is 0.0566. The predicted octanol–water partition coefficient (Wildman–Crippen LogP) is 3.49. The number of para-hydroxylation sites is 1. The molecule has 3 aromatic rings. The summed E-state index contributed by atoms with van der Waals surface area (Å²) in [7, 11) is 0. The first-order chi connectivity index (χ1) is 15.5. The fourth-order valence-corrected chi connectivity index (χ4v) is 3.45. The van der Waals surface area contributed by atoms with Crippen molar-refractivity contribution in [2.24, 2.45) is 4.99 Å². The van der Waals surface area contributed by atoms with Crippen molar-refractivity contribution in [2.45, 2.75) is 40.8 Å². The van der Waals surface area contributed by atoms with Gasteiger partial charge in [0.2, 0.25) is 0 Å². The van der Waals surface area contributed by atoms with Crippen molar-refractivity contribution in [3.8, 4) is 5.69 Å². The van der Waals surface area contributed by atoms with Crippen LogP contribution in [0.2, 0.25) is 0 Å². The number of nitrogens with one attached hydrogen (secondary N) is 3. The fourth-order valence-electron chi connectivity index (χ4n) is 3.45. The molecular formula is C25H32N6O. The molecule has 32 heavy (non-hydrogen) atoms. The van der Waals surface area contributed by atoms with E-state index >= 15 is 0 Å². The van der Waals surface area contributed by atoms with Crippen molar-refractivity contribution in [3.63, 3.8) is 0 Å². The first kappa shape index (κ1) is 23.1. The van der Waals surface area contributed by atoms with Gasteiger partial charge < -0.3 is 16.0 Å². The molecule has 0 aliphatic rings. The van der Waals surface area contributed by atoms with Gasteiger partial charge in [0.05, 0.1) is 17.9 Å². The topological polar surface area (TPSA) is 83.3 Å². The van der Waals surface area contributed by atoms with E-state index in [4.69, 9.17) is 4.99 Å². The Morgan fingerprint density at radius 3 is 2.34 bits per heavy atom. The Kier molecular flexibility index (Phi) is 8.02. The molecule has 168 valence electrons. The van der Waals surface area contributed by atoms with Gasteiger partial charge in [0, 0.05) is 30.9 Å². The van der Waals surface area contributed by atoms with Crippen LogP contribution in [0.15, 0.2) is 59.6 Å². The van der Waals surface area contributed by atoms with Gasteiger partial charge in [0.1, 0.15) is 0 Å². The van der Waals surface area contributed by atoms with E-state index in [9.17, 15) is 4.79 Å². The van der Waals surface area contributed by atoms with Crippen LogP contribution in [0.5, 0.6) is 0 Å². The SMILES string of the molecule is CCNC(=O)c1ccc(CN=C(NCC)NCc2ccccc2-n2nc(C)cc2C)cc1. The molecule has 2 aromatic carbocycles. The molecule has 3 N–H and O–H groups in total. The summed E-state index contributed by atoms with van der Waals surface area (Å²) >= 11 is 0. The van der Waals surface area contributed by atoms with Crippen molar-refractivity contribution in [2.75, 3.05) is 13.1 Å². The lowest BCUT2D eigenvalue weighted by Gasteiger charge is -2.15. The second-order valence-electron chi connectivity index (χ2n) is 7.57. The molecule has 0 atom stereocenters. The lowest BCUT2D eigenvalue weighted by molar-refractivity contribution is 0.0956. The van der Waals surface area contributed by atoms with Crippen molar-refractivity contribution >= 4 is 11.9 Å². The number of aliphatic imine (C=N–C) groups is 1. The Bertz CT molecular complexity index is 1070. The minimum atomic E-state index is -0.0566. The van der Waals surface area contributed by atoms with E-state index in [1.54, 1.807) is 0 Å². The molecule has 0 aliphatic heterocycles. The summed E-state index contributed by atoms with van der Waals surface area (Å²) in [6.45, 7) is 10.5. The summed E-state index contributed by atoms with van der Waals surface area (Å²) in [6, 6.07) is 17.9. The highest BCUT2D eigenvalue weighted by Crippen LogP contribution is 2.17. The van der Waals surface area contributed by atoms with Crippen LogP contribution in [-0.2, 0) is 13.1 Å². The molecule has 0 fully saturated rings. The van der Waals surface area contributed by atoms with E-state index in [0.717, 1.165) is 40.7 Å². The number of hydrogen-bond acceptors (Lipinski definition) is 3. The third-order valence-electron chi connectivity index (χ3n) is 4.99. The molecule has 0 radical (unpaired) electrons. The van der Waals surface area contributed by atoms with Crippen LogP contribution in [0.4, 0.5) is 0 Å². The number of aryl methyl sites for hydroxylation is 2. The Morgan fingerprint density at radius 1 is 0.969 bits per heavy atom. The zero-order valence-corrected chi connectivity index (χ0v) is 19.3. The Hall–Kier alpha value is -3.61. The molecule has 1 aromatic heterocycles. The van der Waals surface area contributed by atoms with Gasteiger partial charge in [-0.3, -0.25) is 4.79 Å². The number of hydrogen-bond donors (Lipinski definition) is 3. The van der Waals surface area contributed by atoms with Crippen LogP contribution in [-0.4, -0.2) is 34.7 Å². The average molecular weight is 433 g/mol. The first-order valence-corrected chi connectivity index (χ1v) is 11.0. The highest BCUT2D eigenvalue weighted by Gasteiger charge is 2.09. The Labute approximate surface area is 190 Å². The number of carbonyl (C=O) groups is 1. The van der Waals surface area contributed by atoms with E-state index in [2.05, 4.69) is 46.2 Å². The van der Waals surface area contributed by atoms with Crippen LogP contribution < -0.4 is 16.0 Å². The average Bonchev–Trinajstić information content (AvgIpc) is 3.14. The van der Waals surface area contributed by atoms with Gasteiger partial charge >= 0.3 is 0 Å². The molecule has 1 amide bonds. The predicted molar refractivity (Wildman–Crippen MR) is 129 cm³/mol. The largest absolute Gasteiger partial charge is 0.357 e. The van der Waals surface area contributed by atoms with E-state index in [1.807, 2.05) is 61.9 Å². The van der Waals surface area contributed by atoms with Gasteiger partial charge in [0.15, 0.2) is 5.96 Å². The maximum atomic E-state index is 11.9. The van der Waals surface area contributed by atoms with Gasteiger partial charge in [-0.15, -0.1) is 0 Å². The van der Waals surface area contributed by atoms with E-state index in [-0.39, 0.29) is 5.91 Å². The number of guanidine groups is 1. The second kappa shape index (κ2) is 11.1. The maximum absolute atomic E-state index is 11.9. The molecule has 0 unspecified atom stereocenters. The molecule has 7 heteroatoms. The summed E-state index contributed by atoms with van der Waals surface area (Å²) in [5.74, 6) is 0.683. The van der Waals surface area contributed by atoms with Crippen LogP contribution in [0.1, 0.15) is 46.7 Å². The molecule has 7 nitrogen and oxygen atoms in total. The van der Waals surface area contributed by atoms with Crippen molar-refractivity contribution < 1.29 is 4.79 Å². The fraction of sp³-hybridized carbons (Fsp3) is 0.320. The zero-order valence-electron chi connectivity index (χ0n) is 19.3. The number of benzene rings is 2. The molecule has 0 saturated heterocycles. The number of rotatable bonds is 8. The van der Waals surface area contributed by atoms with Gasteiger partial charge in [0.25, 0.3) is 5.91 Å². The highest BCUT2D eigenvalue weighted by atomic mass is 16.1. The van der Waals surface area contributed by atoms with Crippen molar-refractivity contribution in [3.05, 3.63) is 82.7 Å². The van der Waals surface area contributed by atoms with E-state index in [0.29, 0.717) is 25.2 Å². The number of carbonyl (C=O) groups excluding carboxylic acids is 1. The molecular weight excluding hydrogens is 400 g/mol. The monoisotopic (exact) mass is 432 g/mol. The van der Waals surface area contributed by atoms with Crippen LogP contribution in [0.25, 0.3) is 5.69 Å². The molecule has 0 aliphatic carbocycles. The highest BCUT2D eigenvalue weighted by molar-refractivity contribution is 5.94. The van der Waals surface area contributed by atoms with Gasteiger partial charge in [-0.05, 0) is 63.1 Å². The van der Waals surface area contributed by atoms with Crippen LogP contribution in [0.3, 0.4) is 0 Å². The van der Waals surface area contributed by atoms with Crippen molar-refractivity contribution in [1.29, 1.82) is 0 Å². The Morgan fingerprint density at radius 2 is 1.69 bits per heavy atom. The van der Waals surface area contributed by atoms with Crippen molar-refractivity contribution in [1.82, 2.24) is 25.7 Å². The van der Waals surface area contributed by atoms with E-state index < -0.39 is 0 Å². The lowest BCUT2D eigenvalue weighted by atomic mass is 10.1. The summed E-state index contributed by atoms with van der Waals surface area (Å²) in [6.07, 6.45) is 0. The molecule has 3 rings (SSSR count). The lowest BCUT2D eigenvalue weighted by Crippen LogP contribution is -2.37. The Balaban J connectivity index is 1.69. The normalized spacial score (nSPS) is 11.3. The molecule has 1 heterocycles. The summed E-state index contributed by atoms with van der Waals surface area (Å²) < 4.78 is 1.98. The third-order valence-corrected chi connectivity index (χ3v) is 4.99. The van der Waals surface area contributed by atoms with E-state index in [1.165, 1.54) is 0 Å². The summed E-state index contributed by atoms with van der Waals surface area (Å²) in [5, 5.41) is 14.2. The summed E-state index contributed by atoms with van der Waals surface area (Å²) in [4.78, 5) is 16.6. The second-order valence-corrected chi connectivity index (χ2v) is 7.57. The van der Waals surface area contributed by atoms with Gasteiger partial charge in [-0.1, -0.05) is 30.3 Å². The molecule has 0 spiro atoms. The maximum Gasteiger partial charge on any atom is 0.251 e. The van der Waals surface area contributed by atoms with Gasteiger partial charge in [-0.25, -0.2) is 9.67 Å². The molecule has 0 saturated carbocycles. The van der Waals surface area contributed by atoms with Gasteiger partial charge in [-0.2, -0.15) is 5.10 Å². The molecule has 0 bridgehead atoms. The smallest absolute Gasteiger partial charge is 0.251 e. The number of nitrogens with zero attached hydrogens (tertiary/aromatic N) is 3. The van der Waals surface area contributed by atoms with Crippen LogP contribution >= 0.6 is 0 Å². The first-order valence-electron chi connectivity index (χ1n) is 11.0. The third kappa shape index (κ3) is 5.97. The standard InChI is InChI=1S/C25H32N6O/c1-5-26-24(32)21-13-11-20(12-14-21)16-28-25(27-6-2)29-17-22-9-7-8-10-23(22)31-19(4)15-18(3)30-31/h7-15H,5-6,16-17H2,1-4H3,(H,26,32)(H2,27,28,29). The quantitative estimate of drug-likeness (QED) is 0.376. The number of amides is 1. The number of aromatic nitrogens is 2. The van der Waals surface area contributed by atoms with Crippen LogP contribution in [0, 0.1) is 13.8 Å².